The Morgan fingerprint density at radius 1 is 1.62 bits per heavy atom. The van der Waals surface area contributed by atoms with E-state index in [2.05, 4.69) is 4.74 Å². The predicted molar refractivity (Wildman–Crippen MR) is 31.8 cm³/mol. The molecule has 0 fully saturated rings. The maximum atomic E-state index is 9.45. The maximum absolute atomic E-state index is 9.45. The Kier molecular flexibility index (Phi) is 4.81. The molecule has 0 unspecified atom stereocenters. The average molecular weight is 155 g/mol. The molecule has 2 nitrogen and oxygen atoms in total. The van der Waals surface area contributed by atoms with Crippen LogP contribution in [0.3, 0.4) is 0 Å². The summed E-state index contributed by atoms with van der Waals surface area (Å²) in [5.41, 5.74) is 0. The van der Waals surface area contributed by atoms with Gasteiger partial charge in [-0.3, -0.25) is 4.79 Å². The zero-order valence-electron chi connectivity index (χ0n) is 3.93. The molecule has 0 rings (SSSR count). The van der Waals surface area contributed by atoms with E-state index in [4.69, 9.17) is 23.2 Å². The molecular weight excluding hydrogens is 151 g/mol. The zero-order valence-corrected chi connectivity index (χ0v) is 5.45. The van der Waals surface area contributed by atoms with Gasteiger partial charge in [-0.1, -0.05) is 23.2 Å². The van der Waals surface area contributed by atoms with E-state index in [0.717, 1.165) is 0 Å². The summed E-state index contributed by atoms with van der Waals surface area (Å²) in [6.07, 6.45) is 1.37. The second-order valence-corrected chi connectivity index (χ2v) is 1.93. The smallest absolute Gasteiger partial charge is 0.293 e. The molecule has 0 heterocycles. The summed E-state index contributed by atoms with van der Waals surface area (Å²) in [5.74, 6) is 0. The number of ether oxygens (including phenoxy) is 1. The van der Waals surface area contributed by atoms with E-state index in [1.807, 2.05) is 0 Å². The number of hydrogen-bond acceptors (Lipinski definition) is 2. The first kappa shape index (κ1) is 7.79. The summed E-state index contributed by atoms with van der Waals surface area (Å²) >= 11 is 10.3. The molecule has 0 saturated heterocycles. The number of hydrogen-bond donors (Lipinski definition) is 0. The van der Waals surface area contributed by atoms with Gasteiger partial charge in [0.2, 0.25) is 0 Å². The second-order valence-electron chi connectivity index (χ2n) is 0.923. The summed E-state index contributed by atoms with van der Waals surface area (Å²) in [6.45, 7) is 0.457. The van der Waals surface area contributed by atoms with Crippen molar-refractivity contribution in [3.8, 4) is 0 Å². The lowest BCUT2D eigenvalue weighted by molar-refractivity contribution is -0.127. The van der Waals surface area contributed by atoms with Crippen molar-refractivity contribution >= 4 is 29.7 Å². The summed E-state index contributed by atoms with van der Waals surface area (Å²) in [6, 6.07) is 0. The first-order valence-electron chi connectivity index (χ1n) is 1.83. The van der Waals surface area contributed by atoms with Gasteiger partial charge in [0.1, 0.15) is 11.1 Å². The molecule has 0 N–H and O–H groups in total. The van der Waals surface area contributed by atoms with Crippen LogP contribution in [-0.2, 0) is 9.53 Å². The highest BCUT2D eigenvalue weighted by Gasteiger charge is 1.80. The zero-order chi connectivity index (χ0) is 6.41. The van der Waals surface area contributed by atoms with Crippen LogP contribution < -0.4 is 0 Å². The highest BCUT2D eigenvalue weighted by Crippen LogP contribution is 2.04. The molecular formula is C4H4Cl2O2. The Labute approximate surface area is 57.0 Å². The van der Waals surface area contributed by atoms with Crippen LogP contribution in [0.5, 0.6) is 0 Å². The van der Waals surface area contributed by atoms with E-state index in [0.29, 0.717) is 6.47 Å². The molecule has 0 aromatic carbocycles. The van der Waals surface area contributed by atoms with Crippen LogP contribution in [0.4, 0.5) is 0 Å². The summed E-state index contributed by atoms with van der Waals surface area (Å²) in [4.78, 5) is 9.45. The van der Waals surface area contributed by atoms with Gasteiger partial charge in [-0.05, 0) is 6.08 Å². The fourth-order valence-corrected chi connectivity index (χ4v) is 0.276. The minimum Gasteiger partial charge on any atom is -0.464 e. The number of carbonyl (C=O) groups excluding carboxylic acids is 1. The van der Waals surface area contributed by atoms with Crippen molar-refractivity contribution in [2.45, 2.75) is 0 Å². The molecule has 0 aromatic heterocycles. The van der Waals surface area contributed by atoms with Gasteiger partial charge < -0.3 is 4.74 Å². The molecule has 0 aliphatic rings. The molecule has 0 spiro atoms. The van der Waals surface area contributed by atoms with E-state index < -0.39 is 0 Å². The molecule has 0 bridgehead atoms. The topological polar surface area (TPSA) is 26.3 Å². The van der Waals surface area contributed by atoms with Gasteiger partial charge in [-0.2, -0.15) is 0 Å². The Bertz CT molecular complexity index is 96.2. The Balaban J connectivity index is 3.15. The monoisotopic (exact) mass is 154 g/mol. The van der Waals surface area contributed by atoms with Crippen LogP contribution in [0.2, 0.25) is 0 Å². The van der Waals surface area contributed by atoms with Crippen molar-refractivity contribution in [3.63, 3.8) is 0 Å². The molecule has 8 heavy (non-hydrogen) atoms. The Hall–Kier alpha value is -0.210. The van der Waals surface area contributed by atoms with Crippen LogP contribution in [0, 0.1) is 0 Å². The Morgan fingerprint density at radius 2 is 2.25 bits per heavy atom. The molecule has 0 aliphatic heterocycles. The van der Waals surface area contributed by atoms with Gasteiger partial charge in [0.25, 0.3) is 6.47 Å². The third kappa shape index (κ3) is 5.79. The summed E-state index contributed by atoms with van der Waals surface area (Å²) < 4.78 is 4.32. The largest absolute Gasteiger partial charge is 0.464 e. The molecule has 0 amide bonds. The highest BCUT2D eigenvalue weighted by molar-refractivity contribution is 6.55. The van der Waals surface area contributed by atoms with Crippen LogP contribution in [0.1, 0.15) is 0 Å². The summed E-state index contributed by atoms with van der Waals surface area (Å²) in [5, 5.41) is 0. The van der Waals surface area contributed by atoms with Gasteiger partial charge in [-0.25, -0.2) is 0 Å². The molecule has 0 radical (unpaired) electrons. The van der Waals surface area contributed by atoms with Gasteiger partial charge >= 0.3 is 0 Å². The standard InChI is InChI=1S/C4H4Cl2O2/c5-4(6)1-2-8-3-7/h1,3H,2H2. The van der Waals surface area contributed by atoms with Gasteiger partial charge in [-0.15, -0.1) is 0 Å². The van der Waals surface area contributed by atoms with E-state index in [1.165, 1.54) is 6.08 Å². The van der Waals surface area contributed by atoms with Crippen molar-refractivity contribution in [1.82, 2.24) is 0 Å². The molecule has 4 heteroatoms. The highest BCUT2D eigenvalue weighted by atomic mass is 35.5. The lowest BCUT2D eigenvalue weighted by atomic mass is 10.7. The fourth-order valence-electron chi connectivity index (χ4n) is 0.150. The molecule has 0 aromatic rings. The summed E-state index contributed by atoms with van der Waals surface area (Å²) in [7, 11) is 0. The molecule has 0 aliphatic carbocycles. The Morgan fingerprint density at radius 3 is 2.62 bits per heavy atom. The molecule has 46 valence electrons. The van der Waals surface area contributed by atoms with E-state index in [9.17, 15) is 4.79 Å². The van der Waals surface area contributed by atoms with E-state index in [1.54, 1.807) is 0 Å². The number of halogens is 2. The first-order chi connectivity index (χ1) is 3.77. The van der Waals surface area contributed by atoms with Crippen molar-refractivity contribution < 1.29 is 9.53 Å². The molecule has 0 atom stereocenters. The van der Waals surface area contributed by atoms with Crippen LogP contribution in [0.25, 0.3) is 0 Å². The van der Waals surface area contributed by atoms with Crippen molar-refractivity contribution in [1.29, 1.82) is 0 Å². The number of carbonyl (C=O) groups is 1. The van der Waals surface area contributed by atoms with Crippen molar-refractivity contribution in [3.05, 3.63) is 10.6 Å². The van der Waals surface area contributed by atoms with Crippen LogP contribution >= 0.6 is 23.2 Å². The van der Waals surface area contributed by atoms with Crippen molar-refractivity contribution in [2.75, 3.05) is 6.61 Å². The van der Waals surface area contributed by atoms with E-state index in [-0.39, 0.29) is 11.1 Å². The number of rotatable bonds is 3. The van der Waals surface area contributed by atoms with Crippen LogP contribution in [0.15, 0.2) is 10.6 Å². The minimum absolute atomic E-state index is 0.104. The lowest BCUT2D eigenvalue weighted by Crippen LogP contribution is -1.84. The quantitative estimate of drug-likeness (QED) is 0.455. The second kappa shape index (κ2) is 4.94. The fraction of sp³-hybridized carbons (Fsp3) is 0.250. The third-order valence-corrected chi connectivity index (χ3v) is 0.711. The van der Waals surface area contributed by atoms with Gasteiger partial charge in [0.15, 0.2) is 0 Å². The SMILES string of the molecule is O=COCC=C(Cl)Cl. The minimum atomic E-state index is 0.104. The molecule has 0 saturated carbocycles. The first-order valence-corrected chi connectivity index (χ1v) is 2.59. The third-order valence-electron chi connectivity index (χ3n) is 0.402. The lowest BCUT2D eigenvalue weighted by Gasteiger charge is -1.86. The predicted octanol–water partition coefficient (Wildman–Crippen LogP) is 1.48. The van der Waals surface area contributed by atoms with Crippen LogP contribution in [-0.4, -0.2) is 13.1 Å². The van der Waals surface area contributed by atoms with Crippen molar-refractivity contribution in [2.24, 2.45) is 0 Å². The van der Waals surface area contributed by atoms with Gasteiger partial charge in [0.05, 0.1) is 0 Å². The average Bonchev–Trinajstić information content (AvgIpc) is 1.66. The van der Waals surface area contributed by atoms with Gasteiger partial charge in [0, 0.05) is 0 Å². The maximum Gasteiger partial charge on any atom is 0.293 e. The van der Waals surface area contributed by atoms with E-state index >= 15 is 0 Å². The normalized spacial score (nSPS) is 7.75.